The van der Waals surface area contributed by atoms with Gasteiger partial charge in [0, 0.05) is 5.56 Å². The van der Waals surface area contributed by atoms with Crippen molar-refractivity contribution in [1.29, 1.82) is 5.26 Å². The molecule has 0 saturated carbocycles. The summed E-state index contributed by atoms with van der Waals surface area (Å²) in [6, 6.07) is 11.8. The fourth-order valence-corrected chi connectivity index (χ4v) is 1.31. The minimum absolute atomic E-state index is 0.113. The molecule has 1 aromatic heterocycles. The Labute approximate surface area is 93.3 Å². The van der Waals surface area contributed by atoms with Gasteiger partial charge in [0.2, 0.25) is 5.82 Å². The standard InChI is InChI=1S/C11H11N5/c1-9(7-12)8-16-14-11(13-15-16)10-5-3-2-4-6-10/h2-6,9H,8H2,1H3/t9-/m1/s1. The van der Waals surface area contributed by atoms with Crippen molar-refractivity contribution < 1.29 is 0 Å². The van der Waals surface area contributed by atoms with Crippen LogP contribution in [0.5, 0.6) is 0 Å². The highest BCUT2D eigenvalue weighted by molar-refractivity contribution is 5.52. The van der Waals surface area contributed by atoms with E-state index in [9.17, 15) is 0 Å². The summed E-state index contributed by atoms with van der Waals surface area (Å²) in [5.74, 6) is 0.476. The third-order valence-corrected chi connectivity index (χ3v) is 2.14. The van der Waals surface area contributed by atoms with Gasteiger partial charge in [-0.2, -0.15) is 10.1 Å². The van der Waals surface area contributed by atoms with Crippen LogP contribution in [0.3, 0.4) is 0 Å². The van der Waals surface area contributed by atoms with Crippen LogP contribution in [-0.4, -0.2) is 20.2 Å². The lowest BCUT2D eigenvalue weighted by atomic mass is 10.2. The van der Waals surface area contributed by atoms with E-state index in [2.05, 4.69) is 21.5 Å². The molecule has 0 fully saturated rings. The molecule has 1 aromatic carbocycles. The van der Waals surface area contributed by atoms with Gasteiger partial charge in [0.25, 0.3) is 0 Å². The molecule has 0 saturated heterocycles. The van der Waals surface area contributed by atoms with Crippen LogP contribution in [0.15, 0.2) is 30.3 Å². The maximum atomic E-state index is 8.68. The second-order valence-electron chi connectivity index (χ2n) is 3.56. The van der Waals surface area contributed by atoms with Crippen molar-refractivity contribution in [3.8, 4) is 17.5 Å². The SMILES string of the molecule is C[C@H](C#N)Cn1nnc(-c2ccccc2)n1. The number of rotatable bonds is 3. The number of hydrogen-bond acceptors (Lipinski definition) is 4. The lowest BCUT2D eigenvalue weighted by Crippen LogP contribution is -2.09. The molecule has 16 heavy (non-hydrogen) atoms. The molecule has 0 amide bonds. The van der Waals surface area contributed by atoms with Crippen molar-refractivity contribution in [3.63, 3.8) is 0 Å². The van der Waals surface area contributed by atoms with E-state index < -0.39 is 0 Å². The summed E-state index contributed by atoms with van der Waals surface area (Å²) in [4.78, 5) is 1.45. The van der Waals surface area contributed by atoms with E-state index in [1.165, 1.54) is 4.80 Å². The van der Waals surface area contributed by atoms with Crippen LogP contribution in [-0.2, 0) is 6.54 Å². The topological polar surface area (TPSA) is 67.4 Å². The number of tetrazole rings is 1. The quantitative estimate of drug-likeness (QED) is 0.774. The zero-order valence-corrected chi connectivity index (χ0v) is 8.91. The van der Waals surface area contributed by atoms with Gasteiger partial charge in [-0.1, -0.05) is 30.3 Å². The Kier molecular flexibility index (Phi) is 2.92. The summed E-state index contributed by atoms with van der Waals surface area (Å²) in [5.41, 5.74) is 0.929. The first-order valence-corrected chi connectivity index (χ1v) is 5.02. The van der Waals surface area contributed by atoms with E-state index in [4.69, 9.17) is 5.26 Å². The third-order valence-electron chi connectivity index (χ3n) is 2.14. The summed E-state index contributed by atoms with van der Waals surface area (Å²) >= 11 is 0. The first kappa shape index (κ1) is 10.3. The minimum Gasteiger partial charge on any atom is -0.198 e. The molecule has 0 aliphatic rings. The molecule has 5 heteroatoms. The Balaban J connectivity index is 2.18. The Morgan fingerprint density at radius 1 is 1.38 bits per heavy atom. The number of benzene rings is 1. The molecule has 1 atom stereocenters. The van der Waals surface area contributed by atoms with E-state index >= 15 is 0 Å². The number of hydrogen-bond donors (Lipinski definition) is 0. The van der Waals surface area contributed by atoms with Gasteiger partial charge in [-0.05, 0) is 12.1 Å². The van der Waals surface area contributed by atoms with Crippen molar-refractivity contribution in [1.82, 2.24) is 20.2 Å². The van der Waals surface area contributed by atoms with Gasteiger partial charge in [-0.25, -0.2) is 0 Å². The van der Waals surface area contributed by atoms with E-state index in [1.807, 2.05) is 37.3 Å². The van der Waals surface area contributed by atoms with Gasteiger partial charge in [0.05, 0.1) is 18.5 Å². The van der Waals surface area contributed by atoms with Crippen molar-refractivity contribution in [2.24, 2.45) is 5.92 Å². The van der Waals surface area contributed by atoms with Crippen LogP contribution in [0.1, 0.15) is 6.92 Å². The molecule has 1 heterocycles. The van der Waals surface area contributed by atoms with Crippen LogP contribution in [0.4, 0.5) is 0 Å². The lowest BCUT2D eigenvalue weighted by Gasteiger charge is -1.98. The van der Waals surface area contributed by atoms with E-state index in [0.717, 1.165) is 5.56 Å². The maximum absolute atomic E-state index is 8.68. The van der Waals surface area contributed by atoms with Crippen LogP contribution in [0.25, 0.3) is 11.4 Å². The third kappa shape index (κ3) is 2.23. The molecule has 80 valence electrons. The predicted octanol–water partition coefficient (Wildman–Crippen LogP) is 1.50. The lowest BCUT2D eigenvalue weighted by molar-refractivity contribution is 0.463. The van der Waals surface area contributed by atoms with E-state index in [-0.39, 0.29) is 5.92 Å². The van der Waals surface area contributed by atoms with E-state index in [1.54, 1.807) is 0 Å². The molecule has 0 bridgehead atoms. The summed E-state index contributed by atoms with van der Waals surface area (Å²) in [6.45, 7) is 2.29. The Hall–Kier alpha value is -2.22. The fourth-order valence-electron chi connectivity index (χ4n) is 1.31. The zero-order chi connectivity index (χ0) is 11.4. The Morgan fingerprint density at radius 3 is 2.81 bits per heavy atom. The average molecular weight is 213 g/mol. The smallest absolute Gasteiger partial charge is 0.198 e. The minimum atomic E-state index is -0.113. The molecule has 5 nitrogen and oxygen atoms in total. The highest BCUT2D eigenvalue weighted by Crippen LogP contribution is 2.11. The summed E-state index contributed by atoms with van der Waals surface area (Å²) < 4.78 is 0. The normalized spacial score (nSPS) is 12.0. The molecule has 0 aliphatic carbocycles. The van der Waals surface area contributed by atoms with Crippen LogP contribution in [0.2, 0.25) is 0 Å². The molecule has 0 spiro atoms. The summed E-state index contributed by atoms with van der Waals surface area (Å²) in [7, 11) is 0. The predicted molar refractivity (Wildman–Crippen MR) is 58.0 cm³/mol. The van der Waals surface area contributed by atoms with Crippen molar-refractivity contribution in [2.75, 3.05) is 0 Å². The Bertz CT molecular complexity index is 497. The van der Waals surface area contributed by atoms with E-state index in [0.29, 0.717) is 12.4 Å². The van der Waals surface area contributed by atoms with Crippen molar-refractivity contribution in [2.45, 2.75) is 13.5 Å². The number of nitrogens with zero attached hydrogens (tertiary/aromatic N) is 5. The van der Waals surface area contributed by atoms with Crippen LogP contribution >= 0.6 is 0 Å². The summed E-state index contributed by atoms with van der Waals surface area (Å²) in [6.07, 6.45) is 0. The van der Waals surface area contributed by atoms with Crippen molar-refractivity contribution >= 4 is 0 Å². The molecule has 2 rings (SSSR count). The van der Waals surface area contributed by atoms with Gasteiger partial charge < -0.3 is 0 Å². The molecule has 0 N–H and O–H groups in total. The molecule has 0 aliphatic heterocycles. The highest BCUT2D eigenvalue weighted by atomic mass is 15.6. The Morgan fingerprint density at radius 2 is 2.12 bits per heavy atom. The zero-order valence-electron chi connectivity index (χ0n) is 8.91. The van der Waals surface area contributed by atoms with Crippen LogP contribution < -0.4 is 0 Å². The van der Waals surface area contributed by atoms with Crippen LogP contribution in [0, 0.1) is 17.2 Å². The average Bonchev–Trinajstić information content (AvgIpc) is 2.78. The summed E-state index contributed by atoms with van der Waals surface area (Å²) in [5, 5.41) is 20.7. The molecule has 0 radical (unpaired) electrons. The first-order chi connectivity index (χ1) is 7.79. The maximum Gasteiger partial charge on any atom is 0.204 e. The molecular weight excluding hydrogens is 202 g/mol. The second kappa shape index (κ2) is 4.53. The van der Waals surface area contributed by atoms with Gasteiger partial charge in [-0.3, -0.25) is 0 Å². The van der Waals surface area contributed by atoms with Gasteiger partial charge in [0.15, 0.2) is 0 Å². The fraction of sp³-hybridized carbons (Fsp3) is 0.273. The van der Waals surface area contributed by atoms with Gasteiger partial charge in [0.1, 0.15) is 0 Å². The monoisotopic (exact) mass is 213 g/mol. The largest absolute Gasteiger partial charge is 0.204 e. The molecule has 2 aromatic rings. The number of aromatic nitrogens is 4. The van der Waals surface area contributed by atoms with Gasteiger partial charge in [-0.15, -0.1) is 10.2 Å². The second-order valence-corrected chi connectivity index (χ2v) is 3.56. The highest BCUT2D eigenvalue weighted by Gasteiger charge is 2.07. The van der Waals surface area contributed by atoms with Gasteiger partial charge >= 0.3 is 0 Å². The first-order valence-electron chi connectivity index (χ1n) is 5.02. The number of nitriles is 1. The van der Waals surface area contributed by atoms with Crippen molar-refractivity contribution in [3.05, 3.63) is 30.3 Å². The molecule has 0 unspecified atom stereocenters. The molecular formula is C11H11N5.